The van der Waals surface area contributed by atoms with Gasteiger partial charge in [-0.15, -0.1) is 0 Å². The minimum atomic E-state index is 0.105. The molecule has 0 radical (unpaired) electrons. The summed E-state index contributed by atoms with van der Waals surface area (Å²) in [6, 6.07) is 5.90. The molecule has 0 spiro atoms. The lowest BCUT2D eigenvalue weighted by atomic mass is 10.1. The maximum absolute atomic E-state index is 10.9. The molecule has 102 valence electrons. The Morgan fingerprint density at radius 2 is 2.00 bits per heavy atom. The minimum Gasteiger partial charge on any atom is -0.300 e. The van der Waals surface area contributed by atoms with Crippen molar-refractivity contribution in [1.82, 2.24) is 4.98 Å². The molecule has 0 aliphatic heterocycles. The normalized spacial score (nSPS) is 10.5. The first-order chi connectivity index (χ1) is 8.49. The number of hydrogen-bond donors (Lipinski definition) is 0. The highest BCUT2D eigenvalue weighted by molar-refractivity contribution is 8.77. The molecule has 1 aromatic heterocycles. The summed E-state index contributed by atoms with van der Waals surface area (Å²) in [6.07, 6.45) is 3.36. The molecule has 1 aromatic rings. The summed E-state index contributed by atoms with van der Waals surface area (Å²) in [5.74, 6) is 0.261. The molecule has 0 fully saturated rings. The summed E-state index contributed by atoms with van der Waals surface area (Å²) < 4.78 is 0.105. The smallest absolute Gasteiger partial charge is 0.129 e. The second-order valence-corrected chi connectivity index (χ2v) is 7.15. The van der Waals surface area contributed by atoms with E-state index in [4.69, 9.17) is 0 Å². The van der Waals surface area contributed by atoms with E-state index < -0.39 is 0 Å². The summed E-state index contributed by atoms with van der Waals surface area (Å²) in [5, 5.41) is 1.02. The van der Waals surface area contributed by atoms with E-state index in [0.717, 1.165) is 11.4 Å². The number of hydrogen-bond acceptors (Lipinski definition) is 4. The fraction of sp³-hybridized carbons (Fsp3) is 0.571. The van der Waals surface area contributed by atoms with Crippen LogP contribution in [0.15, 0.2) is 29.4 Å². The van der Waals surface area contributed by atoms with Crippen molar-refractivity contribution < 1.29 is 4.79 Å². The Kier molecular flexibility index (Phi) is 9.20. The zero-order valence-corrected chi connectivity index (χ0v) is 13.5. The molecular weight excluding hydrogens is 262 g/mol. The number of carbonyl (C=O) groups is 1. The molecule has 1 rings (SSSR count). The van der Waals surface area contributed by atoms with Gasteiger partial charge in [-0.1, -0.05) is 30.7 Å². The number of Topliss-reactive ketones (excluding diaryl/α,β-unsaturated/α-hetero) is 1. The van der Waals surface area contributed by atoms with Crippen LogP contribution in [0.3, 0.4) is 0 Å². The van der Waals surface area contributed by atoms with E-state index in [-0.39, 0.29) is 10.5 Å². The highest BCUT2D eigenvalue weighted by Gasteiger charge is 2.20. The first kappa shape index (κ1) is 17.5. The Morgan fingerprint density at radius 1 is 1.33 bits per heavy atom. The molecular formula is C14H23NOS2. The van der Waals surface area contributed by atoms with Crippen LogP contribution in [-0.2, 0) is 4.79 Å². The Hall–Kier alpha value is -0.480. The van der Waals surface area contributed by atoms with Gasteiger partial charge < -0.3 is 4.79 Å². The van der Waals surface area contributed by atoms with Gasteiger partial charge in [-0.25, -0.2) is 4.98 Å². The molecule has 0 atom stereocenters. The molecule has 0 bridgehead atoms. The van der Waals surface area contributed by atoms with Crippen molar-refractivity contribution in [3.8, 4) is 0 Å². The summed E-state index contributed by atoms with van der Waals surface area (Å²) in [5.41, 5.74) is 0. The van der Waals surface area contributed by atoms with Gasteiger partial charge in [-0.05, 0) is 50.1 Å². The van der Waals surface area contributed by atoms with Gasteiger partial charge in [0.25, 0.3) is 0 Å². The van der Waals surface area contributed by atoms with Crippen molar-refractivity contribution in [1.29, 1.82) is 0 Å². The predicted molar refractivity (Wildman–Crippen MR) is 83.0 cm³/mol. The van der Waals surface area contributed by atoms with Gasteiger partial charge in [0.05, 0.1) is 0 Å². The molecule has 0 aliphatic rings. The molecule has 0 amide bonds. The lowest BCUT2D eigenvalue weighted by Gasteiger charge is -2.22. The third kappa shape index (κ3) is 8.59. The summed E-state index contributed by atoms with van der Waals surface area (Å²) in [7, 11) is 3.45. The van der Waals surface area contributed by atoms with Gasteiger partial charge in [0, 0.05) is 17.4 Å². The number of carbonyl (C=O) groups excluding carboxylic acids is 1. The van der Waals surface area contributed by atoms with Gasteiger partial charge in [-0.3, -0.25) is 0 Å². The number of ketones is 1. The molecule has 0 N–H and O–H groups in total. The lowest BCUT2D eigenvalue weighted by Crippen LogP contribution is -2.14. The maximum Gasteiger partial charge on any atom is 0.129 e. The van der Waals surface area contributed by atoms with Crippen LogP contribution in [0.25, 0.3) is 0 Å². The average molecular weight is 285 g/mol. The van der Waals surface area contributed by atoms with Crippen molar-refractivity contribution >= 4 is 27.4 Å². The zero-order chi connectivity index (χ0) is 14.0. The van der Waals surface area contributed by atoms with E-state index in [2.05, 4.69) is 18.8 Å². The van der Waals surface area contributed by atoms with Crippen LogP contribution in [-0.4, -0.2) is 15.5 Å². The first-order valence-corrected chi connectivity index (χ1v) is 8.41. The molecule has 0 unspecified atom stereocenters. The standard InChI is InChI=1S/C12H17NOS2.C2H6/c1-10(14)7-8-12(2,3)16-15-11-6-4-5-9-13-11;1-2/h4-6,9H,7-8H2,1-3H3;1-2H3. The van der Waals surface area contributed by atoms with E-state index in [0.29, 0.717) is 6.42 Å². The number of pyridine rings is 1. The first-order valence-electron chi connectivity index (χ1n) is 6.26. The predicted octanol–water partition coefficient (Wildman–Crippen LogP) is 5.00. The van der Waals surface area contributed by atoms with Crippen LogP contribution >= 0.6 is 21.6 Å². The van der Waals surface area contributed by atoms with Crippen molar-refractivity contribution in [2.75, 3.05) is 0 Å². The number of rotatable bonds is 6. The van der Waals surface area contributed by atoms with E-state index in [1.807, 2.05) is 32.0 Å². The highest BCUT2D eigenvalue weighted by Crippen LogP contribution is 2.42. The fourth-order valence-electron chi connectivity index (χ4n) is 1.07. The Labute approximate surface area is 119 Å². The van der Waals surface area contributed by atoms with E-state index in [1.54, 1.807) is 34.7 Å². The van der Waals surface area contributed by atoms with Crippen LogP contribution < -0.4 is 0 Å². The Morgan fingerprint density at radius 3 is 2.50 bits per heavy atom. The molecule has 0 saturated heterocycles. The Balaban J connectivity index is 0.00000137. The van der Waals surface area contributed by atoms with Crippen LogP contribution in [0.2, 0.25) is 0 Å². The van der Waals surface area contributed by atoms with Crippen LogP contribution in [0.1, 0.15) is 47.5 Å². The van der Waals surface area contributed by atoms with E-state index in [9.17, 15) is 4.79 Å². The second-order valence-electron chi connectivity index (χ2n) is 4.30. The van der Waals surface area contributed by atoms with E-state index in [1.165, 1.54) is 0 Å². The second kappa shape index (κ2) is 9.45. The average Bonchev–Trinajstić information content (AvgIpc) is 2.38. The molecule has 0 saturated carbocycles. The Bertz CT molecular complexity index is 339. The van der Waals surface area contributed by atoms with Gasteiger partial charge in [-0.2, -0.15) is 0 Å². The molecule has 2 nitrogen and oxygen atoms in total. The van der Waals surface area contributed by atoms with E-state index >= 15 is 0 Å². The number of aromatic nitrogens is 1. The highest BCUT2D eigenvalue weighted by atomic mass is 33.1. The third-order valence-electron chi connectivity index (χ3n) is 2.07. The fourth-order valence-corrected chi connectivity index (χ4v) is 3.28. The zero-order valence-electron chi connectivity index (χ0n) is 11.9. The number of nitrogens with zero attached hydrogens (tertiary/aromatic N) is 1. The third-order valence-corrected chi connectivity index (χ3v) is 5.34. The summed E-state index contributed by atoms with van der Waals surface area (Å²) in [6.45, 7) is 9.97. The topological polar surface area (TPSA) is 30.0 Å². The molecule has 18 heavy (non-hydrogen) atoms. The minimum absolute atomic E-state index is 0.105. The lowest BCUT2D eigenvalue weighted by molar-refractivity contribution is -0.117. The van der Waals surface area contributed by atoms with Crippen LogP contribution in [0.5, 0.6) is 0 Å². The van der Waals surface area contributed by atoms with Crippen molar-refractivity contribution in [3.63, 3.8) is 0 Å². The van der Waals surface area contributed by atoms with Crippen molar-refractivity contribution in [3.05, 3.63) is 24.4 Å². The summed E-state index contributed by atoms with van der Waals surface area (Å²) in [4.78, 5) is 15.2. The van der Waals surface area contributed by atoms with Crippen molar-refractivity contribution in [2.24, 2.45) is 0 Å². The van der Waals surface area contributed by atoms with Crippen LogP contribution in [0, 0.1) is 0 Å². The summed E-state index contributed by atoms with van der Waals surface area (Å²) >= 11 is 0. The quantitative estimate of drug-likeness (QED) is 0.688. The van der Waals surface area contributed by atoms with Gasteiger partial charge in [0.15, 0.2) is 0 Å². The maximum atomic E-state index is 10.9. The van der Waals surface area contributed by atoms with Crippen molar-refractivity contribution in [2.45, 2.75) is 57.2 Å². The van der Waals surface area contributed by atoms with Gasteiger partial charge >= 0.3 is 0 Å². The molecule has 1 heterocycles. The largest absolute Gasteiger partial charge is 0.300 e. The SMILES string of the molecule is CC.CC(=O)CCC(C)(C)SSc1ccccn1. The molecule has 4 heteroatoms. The molecule has 0 aliphatic carbocycles. The monoisotopic (exact) mass is 285 g/mol. The van der Waals surface area contributed by atoms with Gasteiger partial charge in [0.2, 0.25) is 0 Å². The molecule has 0 aromatic carbocycles. The van der Waals surface area contributed by atoms with Gasteiger partial charge in [0.1, 0.15) is 10.8 Å². The van der Waals surface area contributed by atoms with Crippen LogP contribution in [0.4, 0.5) is 0 Å².